The maximum absolute atomic E-state index is 9.81. The number of hydrogen-bond donors (Lipinski definition) is 3. The summed E-state index contributed by atoms with van der Waals surface area (Å²) in [5.41, 5.74) is 0.799. The van der Waals surface area contributed by atoms with Crippen molar-refractivity contribution < 1.29 is 10.2 Å². The molecule has 0 saturated heterocycles. The summed E-state index contributed by atoms with van der Waals surface area (Å²) in [7, 11) is 0. The average molecular weight is 353 g/mol. The van der Waals surface area contributed by atoms with Gasteiger partial charge < -0.3 is 15.5 Å². The number of nitrogens with one attached hydrogen (secondary N) is 1. The van der Waals surface area contributed by atoms with Gasteiger partial charge in [0.05, 0.1) is 11.1 Å². The zero-order valence-electron chi connectivity index (χ0n) is 9.00. The summed E-state index contributed by atoms with van der Waals surface area (Å²) in [6, 6.07) is 3.72. The van der Waals surface area contributed by atoms with Crippen molar-refractivity contribution >= 4 is 31.9 Å². The molecule has 90 valence electrons. The molecule has 5 heteroatoms. The lowest BCUT2D eigenvalue weighted by atomic mass is 10.1. The van der Waals surface area contributed by atoms with Gasteiger partial charge in [0.1, 0.15) is 5.75 Å². The van der Waals surface area contributed by atoms with E-state index in [1.165, 1.54) is 0 Å². The lowest BCUT2D eigenvalue weighted by Gasteiger charge is -2.15. The molecule has 0 radical (unpaired) electrons. The highest BCUT2D eigenvalue weighted by molar-refractivity contribution is 9.11. The minimum atomic E-state index is 0.0668. The number of rotatable bonds is 5. The fraction of sp³-hybridized carbons (Fsp3) is 0.455. The van der Waals surface area contributed by atoms with E-state index in [1.807, 2.05) is 13.0 Å². The van der Waals surface area contributed by atoms with Crippen LogP contribution < -0.4 is 5.32 Å². The van der Waals surface area contributed by atoms with Gasteiger partial charge in [-0.15, -0.1) is 0 Å². The highest BCUT2D eigenvalue weighted by Gasteiger charge is 2.09. The monoisotopic (exact) mass is 351 g/mol. The summed E-state index contributed by atoms with van der Waals surface area (Å²) in [6.07, 6.45) is 0.854. The quantitative estimate of drug-likeness (QED) is 0.763. The van der Waals surface area contributed by atoms with E-state index in [2.05, 4.69) is 37.2 Å². The van der Waals surface area contributed by atoms with Gasteiger partial charge in [-0.25, -0.2) is 0 Å². The molecule has 0 aromatic heterocycles. The zero-order chi connectivity index (χ0) is 12.1. The predicted octanol–water partition coefficient (Wildman–Crippen LogP) is 2.78. The largest absolute Gasteiger partial charge is 0.506 e. The van der Waals surface area contributed by atoms with Crippen molar-refractivity contribution in [2.45, 2.75) is 25.9 Å². The molecule has 0 aliphatic carbocycles. The van der Waals surface area contributed by atoms with Crippen LogP contribution in [0.3, 0.4) is 0 Å². The standard InChI is InChI=1S/C11H15Br2NO2/c1-2-9(6-15)14-5-7-3-8(12)4-10(13)11(7)16/h3-4,9,14-16H,2,5-6H2,1H3. The van der Waals surface area contributed by atoms with Crippen LogP contribution in [0.4, 0.5) is 0 Å². The number of benzene rings is 1. The Kier molecular flexibility index (Phi) is 5.75. The third kappa shape index (κ3) is 3.73. The topological polar surface area (TPSA) is 52.5 Å². The van der Waals surface area contributed by atoms with Gasteiger partial charge in [-0.05, 0) is 34.5 Å². The number of phenols is 1. The van der Waals surface area contributed by atoms with Gasteiger partial charge in [0, 0.05) is 22.6 Å². The molecule has 1 aromatic carbocycles. The molecule has 0 fully saturated rings. The molecule has 0 spiro atoms. The van der Waals surface area contributed by atoms with Gasteiger partial charge in [-0.2, -0.15) is 0 Å². The molecule has 0 heterocycles. The van der Waals surface area contributed by atoms with Crippen LogP contribution in [-0.2, 0) is 6.54 Å². The van der Waals surface area contributed by atoms with Crippen molar-refractivity contribution in [2.24, 2.45) is 0 Å². The minimum absolute atomic E-state index is 0.0668. The molecular formula is C11H15Br2NO2. The first-order valence-electron chi connectivity index (χ1n) is 5.09. The van der Waals surface area contributed by atoms with Crippen LogP contribution in [0.15, 0.2) is 21.1 Å². The molecule has 3 nitrogen and oxygen atoms in total. The number of aliphatic hydroxyl groups is 1. The van der Waals surface area contributed by atoms with Crippen molar-refractivity contribution in [2.75, 3.05) is 6.61 Å². The van der Waals surface area contributed by atoms with E-state index in [4.69, 9.17) is 5.11 Å². The van der Waals surface area contributed by atoms with Crippen LogP contribution in [0.5, 0.6) is 5.75 Å². The van der Waals surface area contributed by atoms with Gasteiger partial charge in [0.25, 0.3) is 0 Å². The number of aromatic hydroxyl groups is 1. The highest BCUT2D eigenvalue weighted by atomic mass is 79.9. The van der Waals surface area contributed by atoms with Crippen LogP contribution in [0.25, 0.3) is 0 Å². The van der Waals surface area contributed by atoms with Crippen LogP contribution in [-0.4, -0.2) is 22.9 Å². The summed E-state index contributed by atoms with van der Waals surface area (Å²) in [5.74, 6) is 0.239. The summed E-state index contributed by atoms with van der Waals surface area (Å²) in [5, 5.41) is 22.0. The Balaban J connectivity index is 2.73. The summed E-state index contributed by atoms with van der Waals surface area (Å²) in [4.78, 5) is 0. The summed E-state index contributed by atoms with van der Waals surface area (Å²) < 4.78 is 1.57. The number of halogens is 2. The van der Waals surface area contributed by atoms with Crippen LogP contribution >= 0.6 is 31.9 Å². The normalized spacial score (nSPS) is 12.8. The molecule has 1 aromatic rings. The molecule has 3 N–H and O–H groups in total. The smallest absolute Gasteiger partial charge is 0.134 e. The Hall–Kier alpha value is -0.100. The lowest BCUT2D eigenvalue weighted by Crippen LogP contribution is -2.31. The first kappa shape index (κ1) is 14.0. The Morgan fingerprint density at radius 1 is 1.38 bits per heavy atom. The molecule has 1 unspecified atom stereocenters. The predicted molar refractivity (Wildman–Crippen MR) is 71.5 cm³/mol. The van der Waals surface area contributed by atoms with E-state index >= 15 is 0 Å². The van der Waals surface area contributed by atoms with Gasteiger partial charge in [0.15, 0.2) is 0 Å². The maximum atomic E-state index is 9.81. The van der Waals surface area contributed by atoms with Gasteiger partial charge >= 0.3 is 0 Å². The average Bonchev–Trinajstić information content (AvgIpc) is 2.26. The maximum Gasteiger partial charge on any atom is 0.134 e. The van der Waals surface area contributed by atoms with Gasteiger partial charge in [0.2, 0.25) is 0 Å². The molecule has 0 aliphatic heterocycles. The van der Waals surface area contributed by atoms with Crippen molar-refractivity contribution in [1.29, 1.82) is 0 Å². The zero-order valence-corrected chi connectivity index (χ0v) is 12.2. The molecule has 0 aliphatic rings. The van der Waals surface area contributed by atoms with Crippen molar-refractivity contribution in [1.82, 2.24) is 5.32 Å². The van der Waals surface area contributed by atoms with E-state index in [-0.39, 0.29) is 18.4 Å². The van der Waals surface area contributed by atoms with Gasteiger partial charge in [-0.3, -0.25) is 0 Å². The minimum Gasteiger partial charge on any atom is -0.506 e. The third-order valence-corrected chi connectivity index (χ3v) is 3.46. The molecule has 1 rings (SSSR count). The van der Waals surface area contributed by atoms with E-state index < -0.39 is 0 Å². The highest BCUT2D eigenvalue weighted by Crippen LogP contribution is 2.31. The second kappa shape index (κ2) is 6.59. The molecular weight excluding hydrogens is 338 g/mol. The van der Waals surface area contributed by atoms with Crippen molar-refractivity contribution in [3.63, 3.8) is 0 Å². The number of phenolic OH excluding ortho intramolecular Hbond substituents is 1. The molecule has 1 atom stereocenters. The lowest BCUT2D eigenvalue weighted by molar-refractivity contribution is 0.238. The number of hydrogen-bond acceptors (Lipinski definition) is 3. The number of aliphatic hydroxyl groups excluding tert-OH is 1. The second-order valence-electron chi connectivity index (χ2n) is 3.56. The molecule has 0 saturated carbocycles. The summed E-state index contributed by atoms with van der Waals surface area (Å²) in [6.45, 7) is 2.64. The Labute approximate surface area is 112 Å². The third-order valence-electron chi connectivity index (χ3n) is 2.40. The molecule has 0 bridgehead atoms. The van der Waals surface area contributed by atoms with E-state index in [0.717, 1.165) is 16.5 Å². The van der Waals surface area contributed by atoms with E-state index in [9.17, 15) is 5.11 Å². The Bertz CT molecular complexity index is 354. The Morgan fingerprint density at radius 2 is 2.06 bits per heavy atom. The fourth-order valence-corrected chi connectivity index (χ4v) is 2.66. The fourth-order valence-electron chi connectivity index (χ4n) is 1.35. The van der Waals surface area contributed by atoms with Crippen LogP contribution in [0.2, 0.25) is 0 Å². The van der Waals surface area contributed by atoms with E-state index in [0.29, 0.717) is 11.0 Å². The van der Waals surface area contributed by atoms with Crippen molar-refractivity contribution in [3.05, 3.63) is 26.6 Å². The molecule has 16 heavy (non-hydrogen) atoms. The first-order valence-corrected chi connectivity index (χ1v) is 6.68. The van der Waals surface area contributed by atoms with E-state index in [1.54, 1.807) is 6.07 Å². The van der Waals surface area contributed by atoms with Gasteiger partial charge in [-0.1, -0.05) is 22.9 Å². The van der Waals surface area contributed by atoms with Crippen LogP contribution in [0, 0.1) is 0 Å². The summed E-state index contributed by atoms with van der Waals surface area (Å²) >= 11 is 6.65. The SMILES string of the molecule is CCC(CO)NCc1cc(Br)cc(Br)c1O. The Morgan fingerprint density at radius 3 is 2.62 bits per heavy atom. The first-order chi connectivity index (χ1) is 7.58. The van der Waals surface area contributed by atoms with Crippen molar-refractivity contribution in [3.8, 4) is 5.75 Å². The van der Waals surface area contributed by atoms with Crippen LogP contribution in [0.1, 0.15) is 18.9 Å². The second-order valence-corrected chi connectivity index (χ2v) is 5.33. The molecule has 0 amide bonds.